The van der Waals surface area contributed by atoms with Gasteiger partial charge in [0.25, 0.3) is 0 Å². The second-order valence-corrected chi connectivity index (χ2v) is 7.18. The van der Waals surface area contributed by atoms with Gasteiger partial charge in [-0.05, 0) is 44.3 Å². The zero-order chi connectivity index (χ0) is 14.5. The summed E-state index contributed by atoms with van der Waals surface area (Å²) in [4.78, 5) is 2.48. The normalized spacial score (nSPS) is 21.7. The van der Waals surface area contributed by atoms with Gasteiger partial charge in [-0.3, -0.25) is 0 Å². The maximum Gasteiger partial charge on any atom is 0.119 e. The van der Waals surface area contributed by atoms with Crippen LogP contribution < -0.4 is 10.1 Å². The van der Waals surface area contributed by atoms with E-state index in [1.165, 1.54) is 23.6 Å². The first kappa shape index (κ1) is 16.1. The Hall–Kier alpha value is -0.230. The molecule has 0 aromatic heterocycles. The number of nitrogens with zero attached hydrogens (tertiary/aromatic N) is 1. The van der Waals surface area contributed by atoms with Crippen molar-refractivity contribution < 1.29 is 4.74 Å². The predicted octanol–water partition coefficient (Wildman–Crippen LogP) is 2.64. The highest BCUT2D eigenvalue weighted by Crippen LogP contribution is 2.26. The third-order valence-corrected chi connectivity index (χ3v) is 5.79. The molecule has 0 spiro atoms. The van der Waals surface area contributed by atoms with Crippen molar-refractivity contribution in [3.8, 4) is 5.75 Å². The Balaban J connectivity index is 2.13. The maximum atomic E-state index is 5.34. The van der Waals surface area contributed by atoms with E-state index < -0.39 is 0 Å². The Morgan fingerprint density at radius 3 is 3.00 bits per heavy atom. The van der Waals surface area contributed by atoms with E-state index in [9.17, 15) is 0 Å². The summed E-state index contributed by atoms with van der Waals surface area (Å²) < 4.78 is 6.49. The van der Waals surface area contributed by atoms with Crippen LogP contribution in [0.4, 0.5) is 0 Å². The summed E-state index contributed by atoms with van der Waals surface area (Å²) in [6, 6.07) is 7.22. The van der Waals surface area contributed by atoms with Crippen LogP contribution in [0.2, 0.25) is 0 Å². The van der Waals surface area contributed by atoms with Gasteiger partial charge in [0.05, 0.1) is 7.11 Å². The van der Waals surface area contributed by atoms with Crippen LogP contribution in [0.5, 0.6) is 5.75 Å². The number of likely N-dealkylation sites (N-methyl/N-ethyl adjacent to an activating group) is 2. The first-order chi connectivity index (χ1) is 9.65. The molecule has 1 saturated heterocycles. The highest BCUT2D eigenvalue weighted by molar-refractivity contribution is 9.10. The molecule has 1 heterocycles. The Labute approximate surface area is 134 Å². The minimum atomic E-state index is 0.455. The highest BCUT2D eigenvalue weighted by Gasteiger charge is 2.27. The van der Waals surface area contributed by atoms with Crippen molar-refractivity contribution in [1.82, 2.24) is 10.2 Å². The van der Waals surface area contributed by atoms with E-state index in [1.54, 1.807) is 7.11 Å². The number of thioether (sulfide) groups is 1. The fourth-order valence-electron chi connectivity index (χ4n) is 2.63. The van der Waals surface area contributed by atoms with Gasteiger partial charge in [0.15, 0.2) is 0 Å². The number of rotatable bonds is 5. The smallest absolute Gasteiger partial charge is 0.119 e. The lowest BCUT2D eigenvalue weighted by atomic mass is 9.99. The quantitative estimate of drug-likeness (QED) is 0.874. The van der Waals surface area contributed by atoms with Crippen LogP contribution in [0.25, 0.3) is 0 Å². The molecule has 5 heteroatoms. The number of nitrogens with one attached hydrogen (secondary N) is 1. The fourth-order valence-corrected chi connectivity index (χ4v) is 4.35. The van der Waals surface area contributed by atoms with Crippen LogP contribution in [0.3, 0.4) is 0 Å². The number of hydrogen-bond donors (Lipinski definition) is 1. The molecule has 2 unspecified atom stereocenters. The van der Waals surface area contributed by atoms with E-state index in [4.69, 9.17) is 4.74 Å². The molecule has 1 aliphatic rings. The maximum absolute atomic E-state index is 5.34. The summed E-state index contributed by atoms with van der Waals surface area (Å²) in [6.07, 6.45) is 1.00. The summed E-state index contributed by atoms with van der Waals surface area (Å²) in [5.41, 5.74) is 1.30. The first-order valence-corrected chi connectivity index (χ1v) is 8.88. The predicted molar refractivity (Wildman–Crippen MR) is 91.0 cm³/mol. The van der Waals surface area contributed by atoms with Gasteiger partial charge < -0.3 is 15.0 Å². The average Bonchev–Trinajstić information content (AvgIpc) is 2.47. The zero-order valence-electron chi connectivity index (χ0n) is 12.4. The lowest BCUT2D eigenvalue weighted by Crippen LogP contribution is -2.52. The lowest BCUT2D eigenvalue weighted by Gasteiger charge is -2.38. The van der Waals surface area contributed by atoms with Crippen molar-refractivity contribution >= 4 is 27.7 Å². The fraction of sp³-hybridized carbons (Fsp3) is 0.600. The molecule has 3 nitrogen and oxygen atoms in total. The molecular weight excluding hydrogens is 336 g/mol. The van der Waals surface area contributed by atoms with Crippen LogP contribution in [0, 0.1) is 0 Å². The molecule has 0 amide bonds. The van der Waals surface area contributed by atoms with Crippen LogP contribution in [0.1, 0.15) is 5.56 Å². The number of benzene rings is 1. The SMILES string of the molecule is CNC(Cc1cc(OC)ccc1Br)C1CSCCN1C. The van der Waals surface area contributed by atoms with Crippen molar-refractivity contribution in [3.63, 3.8) is 0 Å². The topological polar surface area (TPSA) is 24.5 Å². The Kier molecular flexibility index (Phi) is 6.20. The largest absolute Gasteiger partial charge is 0.497 e. The number of ether oxygens (including phenoxy) is 1. The van der Waals surface area contributed by atoms with E-state index >= 15 is 0 Å². The number of hydrogen-bond acceptors (Lipinski definition) is 4. The standard InChI is InChI=1S/C15H23BrN2OS/c1-17-14(15-10-20-7-6-18(15)2)9-11-8-12(19-3)4-5-13(11)16/h4-5,8,14-15,17H,6-7,9-10H2,1-3H3. The number of methoxy groups -OCH3 is 1. The molecule has 1 aromatic carbocycles. The van der Waals surface area contributed by atoms with Gasteiger partial charge in [-0.2, -0.15) is 11.8 Å². The van der Waals surface area contributed by atoms with Crippen LogP contribution in [0.15, 0.2) is 22.7 Å². The Morgan fingerprint density at radius 2 is 2.35 bits per heavy atom. The summed E-state index contributed by atoms with van der Waals surface area (Å²) in [5.74, 6) is 3.36. The van der Waals surface area contributed by atoms with Crippen LogP contribution in [-0.2, 0) is 6.42 Å². The zero-order valence-corrected chi connectivity index (χ0v) is 14.8. The molecule has 2 rings (SSSR count). The molecule has 0 saturated carbocycles. The molecule has 0 bridgehead atoms. The molecule has 0 radical (unpaired) electrons. The van der Waals surface area contributed by atoms with Crippen LogP contribution >= 0.6 is 27.7 Å². The first-order valence-electron chi connectivity index (χ1n) is 6.93. The van der Waals surface area contributed by atoms with Gasteiger partial charge >= 0.3 is 0 Å². The summed E-state index contributed by atoms with van der Waals surface area (Å²) in [6.45, 7) is 1.17. The molecule has 1 aliphatic heterocycles. The Bertz CT molecular complexity index is 444. The molecule has 20 heavy (non-hydrogen) atoms. The van der Waals surface area contributed by atoms with Gasteiger partial charge in [0.2, 0.25) is 0 Å². The van der Waals surface area contributed by atoms with Crippen molar-refractivity contribution in [3.05, 3.63) is 28.2 Å². The van der Waals surface area contributed by atoms with E-state index in [2.05, 4.69) is 64.1 Å². The molecule has 1 fully saturated rings. The second kappa shape index (κ2) is 7.69. The minimum Gasteiger partial charge on any atom is -0.497 e. The summed E-state index contributed by atoms with van der Waals surface area (Å²) >= 11 is 5.71. The average molecular weight is 359 g/mol. The Morgan fingerprint density at radius 1 is 1.55 bits per heavy atom. The van der Waals surface area contributed by atoms with E-state index in [1.807, 2.05) is 6.07 Å². The lowest BCUT2D eigenvalue weighted by molar-refractivity contribution is 0.219. The molecule has 1 N–H and O–H groups in total. The van der Waals surface area contributed by atoms with Gasteiger partial charge in [0.1, 0.15) is 5.75 Å². The molecular formula is C15H23BrN2OS. The molecule has 2 atom stereocenters. The van der Waals surface area contributed by atoms with Gasteiger partial charge in [0, 0.05) is 34.6 Å². The second-order valence-electron chi connectivity index (χ2n) is 5.18. The van der Waals surface area contributed by atoms with Crippen molar-refractivity contribution in [2.24, 2.45) is 0 Å². The third-order valence-electron chi connectivity index (χ3n) is 3.97. The van der Waals surface area contributed by atoms with E-state index in [0.717, 1.165) is 16.6 Å². The van der Waals surface area contributed by atoms with Crippen molar-refractivity contribution in [2.75, 3.05) is 39.3 Å². The summed E-state index contributed by atoms with van der Waals surface area (Å²) in [5, 5.41) is 3.50. The van der Waals surface area contributed by atoms with Gasteiger partial charge in [-0.15, -0.1) is 0 Å². The van der Waals surface area contributed by atoms with Crippen LogP contribution in [-0.4, -0.2) is 56.2 Å². The minimum absolute atomic E-state index is 0.455. The van der Waals surface area contributed by atoms with Crippen molar-refractivity contribution in [1.29, 1.82) is 0 Å². The monoisotopic (exact) mass is 358 g/mol. The van der Waals surface area contributed by atoms with Gasteiger partial charge in [-0.1, -0.05) is 15.9 Å². The van der Waals surface area contributed by atoms with Crippen molar-refractivity contribution in [2.45, 2.75) is 18.5 Å². The highest BCUT2D eigenvalue weighted by atomic mass is 79.9. The molecule has 0 aliphatic carbocycles. The van der Waals surface area contributed by atoms with E-state index in [-0.39, 0.29) is 0 Å². The van der Waals surface area contributed by atoms with E-state index in [0.29, 0.717) is 12.1 Å². The molecule has 1 aromatic rings. The molecule has 112 valence electrons. The van der Waals surface area contributed by atoms with Gasteiger partial charge in [-0.25, -0.2) is 0 Å². The number of halogens is 1. The summed E-state index contributed by atoms with van der Waals surface area (Å²) in [7, 11) is 6.01. The third kappa shape index (κ3) is 3.91.